The first kappa shape index (κ1) is 20.9. The van der Waals surface area contributed by atoms with Crippen molar-refractivity contribution in [3.8, 4) is 0 Å². The van der Waals surface area contributed by atoms with Crippen molar-refractivity contribution in [1.29, 1.82) is 0 Å². The second kappa shape index (κ2) is 8.18. The Morgan fingerprint density at radius 3 is 2.59 bits per heavy atom. The van der Waals surface area contributed by atoms with Crippen LogP contribution in [0.2, 0.25) is 0 Å². The van der Waals surface area contributed by atoms with Crippen LogP contribution < -0.4 is 10.6 Å². The van der Waals surface area contributed by atoms with Gasteiger partial charge in [0.1, 0.15) is 5.82 Å². The fraction of sp³-hybridized carbons (Fsp3) is 0.333. The number of aryl methyl sites for hydroxylation is 2. The van der Waals surface area contributed by atoms with E-state index in [1.165, 1.54) is 5.56 Å². The van der Waals surface area contributed by atoms with Crippen LogP contribution in [0.1, 0.15) is 35.1 Å². The van der Waals surface area contributed by atoms with Crippen molar-refractivity contribution in [3.63, 3.8) is 0 Å². The van der Waals surface area contributed by atoms with E-state index in [1.54, 1.807) is 10.5 Å². The highest BCUT2D eigenvalue weighted by molar-refractivity contribution is 7.90. The lowest BCUT2D eigenvalue weighted by Gasteiger charge is -2.28. The Morgan fingerprint density at radius 2 is 1.81 bits per heavy atom. The minimum absolute atomic E-state index is 0.159. The normalized spacial score (nSPS) is 16.4. The lowest BCUT2D eigenvalue weighted by Crippen LogP contribution is -2.38. The van der Waals surface area contributed by atoms with Crippen molar-refractivity contribution >= 4 is 33.2 Å². The van der Waals surface area contributed by atoms with Crippen molar-refractivity contribution in [3.05, 3.63) is 70.9 Å². The SMILES string of the molecule is Cc1cccc(Nc2ncc(C)c(Nc3ccc4c(c3)CCN(S(=O)(=O)C3CC3)C4)n2)c1. The van der Waals surface area contributed by atoms with Crippen LogP contribution in [0, 0.1) is 13.8 Å². The highest BCUT2D eigenvalue weighted by Gasteiger charge is 2.40. The van der Waals surface area contributed by atoms with Gasteiger partial charge in [0.05, 0.1) is 5.25 Å². The summed E-state index contributed by atoms with van der Waals surface area (Å²) in [6, 6.07) is 14.2. The summed E-state index contributed by atoms with van der Waals surface area (Å²) >= 11 is 0. The smallest absolute Gasteiger partial charge is 0.229 e. The second-order valence-electron chi connectivity index (χ2n) is 8.66. The van der Waals surface area contributed by atoms with Gasteiger partial charge in [0, 0.05) is 36.2 Å². The molecule has 1 aliphatic heterocycles. The highest BCUT2D eigenvalue weighted by Crippen LogP contribution is 2.34. The Morgan fingerprint density at radius 1 is 1.00 bits per heavy atom. The minimum atomic E-state index is -3.14. The van der Waals surface area contributed by atoms with Crippen LogP contribution in [0.25, 0.3) is 0 Å². The van der Waals surface area contributed by atoms with Gasteiger partial charge in [-0.2, -0.15) is 9.29 Å². The Labute approximate surface area is 189 Å². The van der Waals surface area contributed by atoms with E-state index >= 15 is 0 Å². The molecule has 2 heterocycles. The predicted molar refractivity (Wildman–Crippen MR) is 127 cm³/mol. The van der Waals surface area contributed by atoms with Crippen LogP contribution in [-0.4, -0.2) is 34.5 Å². The number of nitrogens with zero attached hydrogens (tertiary/aromatic N) is 3. The molecule has 0 atom stereocenters. The molecule has 0 spiro atoms. The number of benzene rings is 2. The first-order valence-electron chi connectivity index (χ1n) is 10.9. The quantitative estimate of drug-likeness (QED) is 0.579. The zero-order valence-electron chi connectivity index (χ0n) is 18.3. The Kier molecular flexibility index (Phi) is 5.35. The molecule has 8 heteroatoms. The van der Waals surface area contributed by atoms with Crippen LogP contribution in [0.5, 0.6) is 0 Å². The molecule has 1 saturated carbocycles. The number of fused-ring (bicyclic) bond motifs is 1. The molecule has 2 aliphatic rings. The molecular weight excluding hydrogens is 422 g/mol. The van der Waals surface area contributed by atoms with E-state index in [9.17, 15) is 8.42 Å². The molecule has 7 nitrogen and oxygen atoms in total. The van der Waals surface area contributed by atoms with Crippen molar-refractivity contribution in [2.75, 3.05) is 17.2 Å². The molecular formula is C24H27N5O2S. The van der Waals surface area contributed by atoms with Crippen LogP contribution in [0.4, 0.5) is 23.1 Å². The number of aromatic nitrogens is 2. The fourth-order valence-electron chi connectivity index (χ4n) is 4.02. The maximum Gasteiger partial charge on any atom is 0.229 e. The molecule has 1 aromatic heterocycles. The van der Waals surface area contributed by atoms with Crippen molar-refractivity contribution < 1.29 is 8.42 Å². The summed E-state index contributed by atoms with van der Waals surface area (Å²) in [6.07, 6.45) is 4.12. The molecule has 0 radical (unpaired) electrons. The van der Waals surface area contributed by atoms with E-state index in [1.807, 2.05) is 50.2 Å². The number of nitrogens with one attached hydrogen (secondary N) is 2. The monoisotopic (exact) mass is 449 g/mol. The maximum atomic E-state index is 12.6. The Bertz CT molecular complexity index is 1270. The number of hydrogen-bond acceptors (Lipinski definition) is 6. The molecule has 0 bridgehead atoms. The van der Waals surface area contributed by atoms with Crippen molar-refractivity contribution in [2.45, 2.75) is 44.9 Å². The van der Waals surface area contributed by atoms with E-state index in [2.05, 4.69) is 26.7 Å². The molecule has 3 aromatic rings. The number of anilines is 4. The van der Waals surface area contributed by atoms with Crippen LogP contribution in [0.15, 0.2) is 48.7 Å². The van der Waals surface area contributed by atoms with E-state index in [4.69, 9.17) is 0 Å². The number of sulfonamides is 1. The average molecular weight is 450 g/mol. The zero-order valence-corrected chi connectivity index (χ0v) is 19.1. The zero-order chi connectivity index (χ0) is 22.3. The van der Waals surface area contributed by atoms with E-state index in [0.717, 1.165) is 53.1 Å². The average Bonchev–Trinajstić information content (AvgIpc) is 3.62. The first-order chi connectivity index (χ1) is 15.4. The van der Waals surface area contributed by atoms with Gasteiger partial charge in [-0.25, -0.2) is 13.4 Å². The summed E-state index contributed by atoms with van der Waals surface area (Å²) in [6.45, 7) is 5.03. The molecule has 32 heavy (non-hydrogen) atoms. The summed E-state index contributed by atoms with van der Waals surface area (Å²) in [7, 11) is -3.14. The molecule has 0 amide bonds. The lowest BCUT2D eigenvalue weighted by atomic mass is 10.0. The molecule has 1 fully saturated rings. The third kappa shape index (κ3) is 4.33. The Balaban J connectivity index is 1.32. The molecule has 2 aromatic carbocycles. The lowest BCUT2D eigenvalue weighted by molar-refractivity contribution is 0.390. The van der Waals surface area contributed by atoms with Crippen LogP contribution in [0.3, 0.4) is 0 Å². The topological polar surface area (TPSA) is 87.2 Å². The number of hydrogen-bond donors (Lipinski definition) is 2. The summed E-state index contributed by atoms with van der Waals surface area (Å²) < 4.78 is 26.8. The van der Waals surface area contributed by atoms with E-state index in [-0.39, 0.29) is 5.25 Å². The molecule has 2 N–H and O–H groups in total. The highest BCUT2D eigenvalue weighted by atomic mass is 32.2. The summed E-state index contributed by atoms with van der Waals surface area (Å²) in [5.41, 5.74) is 6.25. The van der Waals surface area contributed by atoms with Crippen LogP contribution in [-0.2, 0) is 23.0 Å². The van der Waals surface area contributed by atoms with Crippen molar-refractivity contribution in [2.24, 2.45) is 0 Å². The molecule has 0 saturated heterocycles. The molecule has 166 valence electrons. The first-order valence-corrected chi connectivity index (χ1v) is 12.4. The van der Waals surface area contributed by atoms with Gasteiger partial charge in [-0.3, -0.25) is 0 Å². The van der Waals surface area contributed by atoms with E-state index < -0.39 is 10.0 Å². The third-order valence-electron chi connectivity index (χ3n) is 6.00. The van der Waals surface area contributed by atoms with Crippen LogP contribution >= 0.6 is 0 Å². The standard InChI is InChI=1S/C24H27N5O2S/c1-16-4-3-5-20(12-16)27-24-25-14-17(2)23(28-24)26-21-7-6-19-15-29(11-10-18(19)13-21)32(30,31)22-8-9-22/h3-7,12-14,22H,8-11,15H2,1-2H3,(H2,25,26,27,28). The second-order valence-corrected chi connectivity index (χ2v) is 10.9. The molecule has 5 rings (SSSR count). The largest absolute Gasteiger partial charge is 0.340 e. The van der Waals surface area contributed by atoms with Gasteiger partial charge in [0.25, 0.3) is 0 Å². The van der Waals surface area contributed by atoms with Gasteiger partial charge < -0.3 is 10.6 Å². The van der Waals surface area contributed by atoms with E-state index in [0.29, 0.717) is 19.0 Å². The summed E-state index contributed by atoms with van der Waals surface area (Å²) in [5.74, 6) is 1.27. The van der Waals surface area contributed by atoms with Gasteiger partial charge >= 0.3 is 0 Å². The van der Waals surface area contributed by atoms with Gasteiger partial charge in [-0.15, -0.1) is 0 Å². The van der Waals surface area contributed by atoms with Gasteiger partial charge in [-0.1, -0.05) is 18.2 Å². The Hall–Kier alpha value is -2.97. The number of rotatable bonds is 6. The van der Waals surface area contributed by atoms with Gasteiger partial charge in [0.2, 0.25) is 16.0 Å². The third-order valence-corrected chi connectivity index (χ3v) is 8.34. The summed E-state index contributed by atoms with van der Waals surface area (Å²) in [5, 5.41) is 6.50. The van der Waals surface area contributed by atoms with Gasteiger partial charge in [-0.05, 0) is 74.1 Å². The van der Waals surface area contributed by atoms with Gasteiger partial charge in [0.15, 0.2) is 0 Å². The molecule has 1 aliphatic carbocycles. The molecule has 0 unspecified atom stereocenters. The maximum absolute atomic E-state index is 12.6. The fourth-order valence-corrected chi connectivity index (χ4v) is 5.83. The summed E-state index contributed by atoms with van der Waals surface area (Å²) in [4.78, 5) is 9.06. The minimum Gasteiger partial charge on any atom is -0.340 e. The van der Waals surface area contributed by atoms with Crippen molar-refractivity contribution in [1.82, 2.24) is 14.3 Å². The predicted octanol–water partition coefficient (Wildman–Crippen LogP) is 4.43.